The molecule has 29 heavy (non-hydrogen) atoms. The normalized spacial score (nSPS) is 30.3. The highest BCUT2D eigenvalue weighted by Gasteiger charge is 2.55. The number of primary amides is 1. The minimum Gasteiger partial charge on any atom is -0.482 e. The Balaban J connectivity index is 1.51. The molecular formula is C19H20FN5O2S2. The van der Waals surface area contributed by atoms with Gasteiger partial charge in [0.05, 0.1) is 12.1 Å². The van der Waals surface area contributed by atoms with Crippen molar-refractivity contribution < 1.29 is 13.9 Å². The van der Waals surface area contributed by atoms with Crippen LogP contribution in [0.15, 0.2) is 30.5 Å². The van der Waals surface area contributed by atoms with E-state index in [1.165, 1.54) is 0 Å². The van der Waals surface area contributed by atoms with Gasteiger partial charge in [-0.25, -0.2) is 9.37 Å². The number of fused-ring (bicyclic) bond motifs is 5. The number of halogens is 1. The summed E-state index contributed by atoms with van der Waals surface area (Å²) in [5.74, 6) is 0.808. The van der Waals surface area contributed by atoms with Crippen LogP contribution in [0, 0.1) is 23.6 Å². The zero-order valence-corrected chi connectivity index (χ0v) is 17.0. The number of aromatic nitrogens is 2. The third-order valence-electron chi connectivity index (χ3n) is 5.88. The van der Waals surface area contributed by atoms with Crippen LogP contribution in [0.5, 0.6) is 5.75 Å². The van der Waals surface area contributed by atoms with Gasteiger partial charge >= 0.3 is 0 Å². The molecule has 2 aliphatic carbocycles. The number of benzene rings is 1. The number of nitrogens with two attached hydrogens (primary N) is 1. The topological polar surface area (TPSA) is 102 Å². The number of nitrogens with zero attached hydrogens (tertiary/aromatic N) is 2. The van der Waals surface area contributed by atoms with Gasteiger partial charge in [-0.3, -0.25) is 4.79 Å². The molecule has 2 heterocycles. The van der Waals surface area contributed by atoms with Crippen LogP contribution >= 0.6 is 21.6 Å². The summed E-state index contributed by atoms with van der Waals surface area (Å²) >= 11 is 0. The first-order chi connectivity index (χ1) is 14.1. The maximum atomic E-state index is 14.5. The maximum Gasteiger partial charge on any atom is 0.229 e. The first-order valence-electron chi connectivity index (χ1n) is 9.45. The number of amides is 1. The third kappa shape index (κ3) is 3.59. The molecule has 1 aromatic carbocycles. The Morgan fingerprint density at radius 3 is 3.10 bits per heavy atom. The standard InChI is InChI=1S/C19H20FN5O2S2/c20-13-7-22-19-23-10-2-1-3-11(6-10)27-8-28-29-14-5-9-4-12(14)16(15(9)17(21)26)24-18(13)25-19/h1-3,6-7,9,12,14-16H,4-5,8H2,(H2,21,26)(H2,22,23,24,25)/t9-,12-,14-,15+,16-/m1/s1. The highest BCUT2D eigenvalue weighted by molar-refractivity contribution is 8.76. The fraction of sp³-hybridized carbons (Fsp3) is 0.421. The molecular weight excluding hydrogens is 413 g/mol. The SMILES string of the molecule is NC(=O)[C@H]1[C@@H]2C[C@H]3[C@H]1Nc1nc(ncc1F)Nc1cccc(c1)OCSS[C@@H]3C2. The molecule has 1 aromatic heterocycles. The first kappa shape index (κ1) is 18.8. The van der Waals surface area contributed by atoms with Gasteiger partial charge in [-0.1, -0.05) is 27.7 Å². The summed E-state index contributed by atoms with van der Waals surface area (Å²) in [6.45, 7) is 0. The Hall–Kier alpha value is -2.20. The Labute approximate surface area is 175 Å². The molecule has 1 aliphatic heterocycles. The second-order valence-electron chi connectivity index (χ2n) is 7.55. The molecule has 10 heteroatoms. The number of hydrogen-bond acceptors (Lipinski definition) is 8. The van der Waals surface area contributed by atoms with Crippen LogP contribution in [-0.4, -0.2) is 33.1 Å². The zero-order valence-electron chi connectivity index (χ0n) is 15.4. The molecule has 2 fully saturated rings. The van der Waals surface area contributed by atoms with E-state index in [1.807, 2.05) is 24.3 Å². The van der Waals surface area contributed by atoms with Gasteiger partial charge in [0.25, 0.3) is 0 Å². The van der Waals surface area contributed by atoms with Crippen molar-refractivity contribution in [2.45, 2.75) is 24.1 Å². The van der Waals surface area contributed by atoms with Crippen molar-refractivity contribution in [1.82, 2.24) is 9.97 Å². The van der Waals surface area contributed by atoms with Gasteiger partial charge in [0.15, 0.2) is 11.6 Å². The zero-order chi connectivity index (χ0) is 20.0. The summed E-state index contributed by atoms with van der Waals surface area (Å²) in [5.41, 5.74) is 6.45. The number of nitrogens with one attached hydrogen (secondary N) is 2. The number of rotatable bonds is 1. The summed E-state index contributed by atoms with van der Waals surface area (Å²) in [6.07, 6.45) is 2.97. The van der Waals surface area contributed by atoms with E-state index >= 15 is 0 Å². The average molecular weight is 434 g/mol. The Morgan fingerprint density at radius 2 is 2.24 bits per heavy atom. The molecule has 5 atom stereocenters. The van der Waals surface area contributed by atoms with Crippen LogP contribution < -0.4 is 21.1 Å². The summed E-state index contributed by atoms with van der Waals surface area (Å²) in [6, 6.07) is 7.22. The second-order valence-corrected chi connectivity index (χ2v) is 10.1. The van der Waals surface area contributed by atoms with Gasteiger partial charge < -0.3 is 21.1 Å². The first-order valence-corrected chi connectivity index (χ1v) is 11.8. The van der Waals surface area contributed by atoms with Gasteiger partial charge in [0.2, 0.25) is 11.9 Å². The highest BCUT2D eigenvalue weighted by atomic mass is 33.1. The molecule has 0 radical (unpaired) electrons. The fourth-order valence-electron chi connectivity index (χ4n) is 4.70. The van der Waals surface area contributed by atoms with E-state index in [2.05, 4.69) is 20.6 Å². The van der Waals surface area contributed by atoms with Crippen molar-refractivity contribution in [1.29, 1.82) is 0 Å². The monoisotopic (exact) mass is 433 g/mol. The molecule has 2 saturated carbocycles. The molecule has 4 N–H and O–H groups in total. The Morgan fingerprint density at radius 1 is 1.34 bits per heavy atom. The molecule has 2 aromatic rings. The van der Waals surface area contributed by atoms with E-state index in [0.717, 1.165) is 30.5 Å². The predicted molar refractivity (Wildman–Crippen MR) is 112 cm³/mol. The third-order valence-corrected chi connectivity index (χ3v) is 8.45. The number of ether oxygens (including phenoxy) is 1. The molecule has 0 unspecified atom stereocenters. The van der Waals surface area contributed by atoms with E-state index < -0.39 is 5.82 Å². The quantitative estimate of drug-likeness (QED) is 0.589. The summed E-state index contributed by atoms with van der Waals surface area (Å²) in [7, 11) is 3.43. The maximum absolute atomic E-state index is 14.5. The Bertz CT molecular complexity index is 949. The molecule has 3 aliphatic rings. The van der Waals surface area contributed by atoms with Crippen LogP contribution in [-0.2, 0) is 4.79 Å². The second kappa shape index (κ2) is 7.56. The minimum atomic E-state index is -0.554. The van der Waals surface area contributed by atoms with Gasteiger partial charge in [-0.2, -0.15) is 4.98 Å². The Kier molecular flexibility index (Phi) is 4.91. The average Bonchev–Trinajstić information content (AvgIpc) is 3.26. The number of anilines is 3. The lowest BCUT2D eigenvalue weighted by Crippen LogP contribution is -2.46. The lowest BCUT2D eigenvalue weighted by atomic mass is 9.83. The van der Waals surface area contributed by atoms with Gasteiger partial charge in [0, 0.05) is 23.0 Å². The van der Waals surface area contributed by atoms with Crippen LogP contribution in [0.3, 0.4) is 0 Å². The smallest absolute Gasteiger partial charge is 0.229 e. The highest BCUT2D eigenvalue weighted by Crippen LogP contribution is 2.55. The van der Waals surface area contributed by atoms with Crippen molar-refractivity contribution in [3.8, 4) is 5.75 Å². The van der Waals surface area contributed by atoms with Crippen molar-refractivity contribution in [2.75, 3.05) is 16.6 Å². The van der Waals surface area contributed by atoms with E-state index in [-0.39, 0.29) is 41.5 Å². The largest absolute Gasteiger partial charge is 0.482 e. The van der Waals surface area contributed by atoms with Crippen molar-refractivity contribution >= 4 is 44.9 Å². The molecule has 1 amide bonds. The van der Waals surface area contributed by atoms with Crippen molar-refractivity contribution in [3.05, 3.63) is 36.3 Å². The van der Waals surface area contributed by atoms with Crippen LogP contribution in [0.2, 0.25) is 0 Å². The lowest BCUT2D eigenvalue weighted by molar-refractivity contribution is -0.123. The molecule has 0 spiro atoms. The molecule has 6 bridgehead atoms. The van der Waals surface area contributed by atoms with Crippen LogP contribution in [0.25, 0.3) is 0 Å². The van der Waals surface area contributed by atoms with E-state index in [9.17, 15) is 9.18 Å². The number of carbonyl (C=O) groups excluding carboxylic acids is 1. The molecule has 152 valence electrons. The van der Waals surface area contributed by atoms with E-state index in [0.29, 0.717) is 11.2 Å². The van der Waals surface area contributed by atoms with Gasteiger partial charge in [-0.05, 0) is 36.8 Å². The van der Waals surface area contributed by atoms with E-state index in [1.54, 1.807) is 21.6 Å². The van der Waals surface area contributed by atoms with Crippen LogP contribution in [0.1, 0.15) is 12.8 Å². The van der Waals surface area contributed by atoms with Gasteiger partial charge in [-0.15, -0.1) is 0 Å². The van der Waals surface area contributed by atoms with Crippen LogP contribution in [0.4, 0.5) is 21.8 Å². The molecule has 5 rings (SSSR count). The summed E-state index contributed by atoms with van der Waals surface area (Å²) < 4.78 is 20.3. The molecule has 7 nitrogen and oxygen atoms in total. The number of carbonyl (C=O) groups is 1. The molecule has 0 saturated heterocycles. The predicted octanol–water partition coefficient (Wildman–Crippen LogP) is 3.38. The fourth-order valence-corrected chi connectivity index (χ4v) is 7.37. The number of hydrogen-bond donors (Lipinski definition) is 3. The summed E-state index contributed by atoms with van der Waals surface area (Å²) in [4.78, 5) is 20.5. The van der Waals surface area contributed by atoms with Crippen molar-refractivity contribution in [3.63, 3.8) is 0 Å². The summed E-state index contributed by atoms with van der Waals surface area (Å²) in [5, 5.41) is 6.62. The van der Waals surface area contributed by atoms with Gasteiger partial charge in [0.1, 0.15) is 11.7 Å². The lowest BCUT2D eigenvalue weighted by Gasteiger charge is -2.34. The minimum absolute atomic E-state index is 0.0879. The van der Waals surface area contributed by atoms with Crippen molar-refractivity contribution in [2.24, 2.45) is 23.5 Å². The van der Waals surface area contributed by atoms with E-state index in [4.69, 9.17) is 10.5 Å².